The molecule has 0 atom stereocenters. The second-order valence-electron chi connectivity index (χ2n) is 5.30. The van der Waals surface area contributed by atoms with Gasteiger partial charge in [0.15, 0.2) is 0 Å². The number of Topliss-reactive ketones (excluding diaryl/α,β-unsaturated/α-hetero) is 2. The van der Waals surface area contributed by atoms with Crippen molar-refractivity contribution >= 4 is 47.7 Å². The first-order chi connectivity index (χ1) is 13.1. The van der Waals surface area contributed by atoms with Crippen LogP contribution in [0.5, 0.6) is 0 Å². The van der Waals surface area contributed by atoms with E-state index in [-0.39, 0.29) is 76.5 Å². The molecular formula is C17H32ClN3O9. The van der Waals surface area contributed by atoms with Crippen LogP contribution >= 0.6 is 12.4 Å². The first-order valence-corrected chi connectivity index (χ1v) is 8.09. The summed E-state index contributed by atoms with van der Waals surface area (Å²) in [6.45, 7) is 2.85. The van der Waals surface area contributed by atoms with Gasteiger partial charge in [0.2, 0.25) is 5.91 Å². The van der Waals surface area contributed by atoms with Gasteiger partial charge in [0.25, 0.3) is 11.8 Å². The van der Waals surface area contributed by atoms with Crippen molar-refractivity contribution in [2.24, 2.45) is 5.73 Å². The number of ether oxygens (including phenoxy) is 2. The number of carbonyl (C=O) groups excluding carboxylic acids is 6. The summed E-state index contributed by atoms with van der Waals surface area (Å²) >= 11 is 0. The molecule has 176 valence electrons. The van der Waals surface area contributed by atoms with Crippen LogP contribution in [0.15, 0.2) is 0 Å². The molecule has 0 aromatic carbocycles. The molecule has 0 spiro atoms. The molecule has 0 saturated carbocycles. The number of halogens is 1. The van der Waals surface area contributed by atoms with E-state index in [1.807, 2.05) is 0 Å². The fourth-order valence-corrected chi connectivity index (χ4v) is 1.31. The van der Waals surface area contributed by atoms with Gasteiger partial charge < -0.3 is 25.4 Å². The molecule has 0 bridgehead atoms. The fraction of sp³-hybridized carbons (Fsp3) is 0.647. The number of methoxy groups -OCH3 is 2. The number of hydrogen-bond acceptors (Lipinski definition) is 10. The quantitative estimate of drug-likeness (QED) is 0.438. The Labute approximate surface area is 182 Å². The summed E-state index contributed by atoms with van der Waals surface area (Å²) in [7, 11) is 2.74. The van der Waals surface area contributed by atoms with E-state index in [9.17, 15) is 28.8 Å². The monoisotopic (exact) mass is 457 g/mol. The molecule has 1 heterocycles. The molecule has 1 fully saturated rings. The summed E-state index contributed by atoms with van der Waals surface area (Å²) in [5.74, 6) is -2.04. The summed E-state index contributed by atoms with van der Waals surface area (Å²) < 4.78 is 8.97. The molecule has 3 N–H and O–H groups in total. The number of carbonyl (C=O) groups is 6. The number of nitrogens with two attached hydrogens (primary N) is 1. The number of nitrogens with zero attached hydrogens (tertiary/aromatic N) is 1. The fourth-order valence-electron chi connectivity index (χ4n) is 1.31. The normalized spacial score (nSPS) is 11.4. The molecule has 12 nitrogen and oxygen atoms in total. The highest BCUT2D eigenvalue weighted by atomic mass is 35.5. The van der Waals surface area contributed by atoms with Crippen LogP contribution in [0.3, 0.4) is 0 Å². The average Bonchev–Trinajstić information content (AvgIpc) is 2.93. The summed E-state index contributed by atoms with van der Waals surface area (Å²) in [6, 6.07) is 0. The topological polar surface area (TPSA) is 171 Å². The van der Waals surface area contributed by atoms with Crippen molar-refractivity contribution in [1.82, 2.24) is 10.4 Å². The van der Waals surface area contributed by atoms with Crippen LogP contribution in [0.25, 0.3) is 0 Å². The number of hydroxylamine groups is 2. The number of rotatable bonds is 8. The third-order valence-electron chi connectivity index (χ3n) is 2.56. The molecule has 30 heavy (non-hydrogen) atoms. The van der Waals surface area contributed by atoms with Crippen LogP contribution in [0.2, 0.25) is 0 Å². The van der Waals surface area contributed by atoms with Crippen molar-refractivity contribution in [3.8, 4) is 0 Å². The second kappa shape index (κ2) is 21.3. The summed E-state index contributed by atoms with van der Waals surface area (Å²) in [5, 5.41) is 2.86. The van der Waals surface area contributed by atoms with Gasteiger partial charge in [0.1, 0.15) is 24.8 Å². The molecule has 0 aliphatic carbocycles. The van der Waals surface area contributed by atoms with E-state index in [1.165, 1.54) is 28.1 Å². The maximum Gasteiger partial charge on any atom is 0.358 e. The van der Waals surface area contributed by atoms with Gasteiger partial charge in [-0.2, -0.15) is 0 Å². The summed E-state index contributed by atoms with van der Waals surface area (Å²) in [5.41, 5.74) is 4.82. The lowest BCUT2D eigenvalue weighted by molar-refractivity contribution is -0.199. The predicted octanol–water partition coefficient (Wildman–Crippen LogP) is -0.830. The van der Waals surface area contributed by atoms with Crippen LogP contribution in [-0.2, 0) is 43.1 Å². The minimum Gasteiger partial charge on any atom is -0.375 e. The Bertz CT molecular complexity index is 555. The molecule has 3 amide bonds. The Hall–Kier alpha value is -2.41. The zero-order valence-corrected chi connectivity index (χ0v) is 17.7. The summed E-state index contributed by atoms with van der Waals surface area (Å²) in [6.07, 6.45) is 0.193. The standard InChI is InChI=1S/C7H9NO5.C6H11NO3.C3H7NO.CH4.ClH/c1-12-4-7(11)13-8-5(9)2-3-6(8)10;1-5(8)3-7-6(9)4-10-2;1-3(5)2-4;;/h2-4H2,1H3;3-4H2,1-2H3,(H,7,9);2,4H2,1H3;1H4;1H. The number of imide groups is 1. The van der Waals surface area contributed by atoms with Crippen molar-refractivity contribution in [3.05, 3.63) is 0 Å². The maximum atomic E-state index is 10.9. The molecular weight excluding hydrogens is 426 g/mol. The Balaban J connectivity index is -0.000000179. The first-order valence-electron chi connectivity index (χ1n) is 8.09. The third-order valence-corrected chi connectivity index (χ3v) is 2.56. The molecule has 1 saturated heterocycles. The van der Waals surface area contributed by atoms with Gasteiger partial charge in [0, 0.05) is 27.1 Å². The lowest BCUT2D eigenvalue weighted by Gasteiger charge is -2.11. The molecule has 0 radical (unpaired) electrons. The van der Waals surface area contributed by atoms with E-state index in [2.05, 4.69) is 19.6 Å². The second-order valence-corrected chi connectivity index (χ2v) is 5.30. The van der Waals surface area contributed by atoms with Gasteiger partial charge in [-0.1, -0.05) is 7.43 Å². The van der Waals surface area contributed by atoms with E-state index in [1.54, 1.807) is 0 Å². The van der Waals surface area contributed by atoms with Gasteiger partial charge in [-0.3, -0.25) is 24.0 Å². The lowest BCUT2D eigenvalue weighted by atomic mass is 10.4. The van der Waals surface area contributed by atoms with Gasteiger partial charge in [-0.05, 0) is 13.8 Å². The Kier molecular flexibility index (Phi) is 24.9. The van der Waals surface area contributed by atoms with E-state index in [4.69, 9.17) is 5.73 Å². The minimum atomic E-state index is -0.758. The van der Waals surface area contributed by atoms with Crippen molar-refractivity contribution in [2.45, 2.75) is 34.1 Å². The Morgan fingerprint density at radius 1 is 0.967 bits per heavy atom. The van der Waals surface area contributed by atoms with Crippen molar-refractivity contribution in [2.75, 3.05) is 40.5 Å². The molecule has 13 heteroatoms. The van der Waals surface area contributed by atoms with Gasteiger partial charge in [0.05, 0.1) is 13.1 Å². The highest BCUT2D eigenvalue weighted by Crippen LogP contribution is 2.11. The Morgan fingerprint density at radius 3 is 1.73 bits per heavy atom. The smallest absolute Gasteiger partial charge is 0.358 e. The van der Waals surface area contributed by atoms with E-state index in [0.717, 1.165) is 0 Å². The number of hydrogen-bond donors (Lipinski definition) is 2. The number of nitrogens with one attached hydrogen (secondary N) is 1. The highest BCUT2D eigenvalue weighted by Gasteiger charge is 2.32. The lowest BCUT2D eigenvalue weighted by Crippen LogP contribution is -2.33. The number of ketones is 2. The van der Waals surface area contributed by atoms with Crippen LogP contribution in [0.4, 0.5) is 0 Å². The first kappa shape index (κ1) is 35.1. The van der Waals surface area contributed by atoms with E-state index < -0.39 is 17.8 Å². The highest BCUT2D eigenvalue weighted by molar-refractivity contribution is 6.01. The average molecular weight is 458 g/mol. The molecule has 0 aromatic rings. The van der Waals surface area contributed by atoms with Crippen LogP contribution in [0.1, 0.15) is 34.1 Å². The van der Waals surface area contributed by atoms with Gasteiger partial charge in [-0.25, -0.2) is 4.79 Å². The van der Waals surface area contributed by atoms with Crippen molar-refractivity contribution < 1.29 is 43.1 Å². The predicted molar refractivity (Wildman–Crippen MR) is 108 cm³/mol. The van der Waals surface area contributed by atoms with E-state index in [0.29, 0.717) is 5.06 Å². The molecule has 1 aliphatic rings. The minimum absolute atomic E-state index is 0. The van der Waals surface area contributed by atoms with Crippen LogP contribution in [0, 0.1) is 0 Å². The zero-order valence-electron chi connectivity index (χ0n) is 16.8. The van der Waals surface area contributed by atoms with Crippen LogP contribution < -0.4 is 11.1 Å². The molecule has 0 unspecified atom stereocenters. The largest absolute Gasteiger partial charge is 0.375 e. The van der Waals surface area contributed by atoms with Crippen molar-refractivity contribution in [3.63, 3.8) is 0 Å². The van der Waals surface area contributed by atoms with Crippen molar-refractivity contribution in [1.29, 1.82) is 0 Å². The SMILES string of the molecule is C.CC(=O)CN.COCC(=O)NCC(C)=O.COCC(=O)ON1C(=O)CCC1=O.Cl. The van der Waals surface area contributed by atoms with Crippen LogP contribution in [-0.4, -0.2) is 80.8 Å². The summed E-state index contributed by atoms with van der Waals surface area (Å²) in [4.78, 5) is 67.6. The van der Waals surface area contributed by atoms with Gasteiger partial charge >= 0.3 is 5.97 Å². The third kappa shape index (κ3) is 20.3. The zero-order chi connectivity index (χ0) is 22.1. The number of amides is 3. The molecule has 0 aromatic heterocycles. The molecule has 1 rings (SSSR count). The molecule has 1 aliphatic heterocycles. The van der Waals surface area contributed by atoms with E-state index >= 15 is 0 Å². The maximum absolute atomic E-state index is 10.9. The van der Waals surface area contributed by atoms with Gasteiger partial charge in [-0.15, -0.1) is 17.5 Å². The Morgan fingerprint density at radius 2 is 1.40 bits per heavy atom.